The van der Waals surface area contributed by atoms with Gasteiger partial charge in [-0.25, -0.2) is 0 Å². The lowest BCUT2D eigenvalue weighted by Gasteiger charge is -2.12. The Balaban J connectivity index is 3.26. The third-order valence-corrected chi connectivity index (χ3v) is 0.730. The summed E-state index contributed by atoms with van der Waals surface area (Å²) in [6.45, 7) is 0. The van der Waals surface area contributed by atoms with E-state index in [1.165, 1.54) is 4.90 Å². The second kappa shape index (κ2) is 1.97. The van der Waals surface area contributed by atoms with Gasteiger partial charge in [-0.3, -0.25) is 0 Å². The molecule has 0 bridgehead atoms. The molecular weight excluding hydrogens is 98.1 g/mol. The Morgan fingerprint density at radius 2 is 1.83 bits per heavy atom. The summed E-state index contributed by atoms with van der Waals surface area (Å²) in [5.74, 6) is 0. The van der Waals surface area contributed by atoms with Gasteiger partial charge in [0.2, 0.25) is 0 Å². The number of hydrogen-bond acceptors (Lipinski definition) is 2. The summed E-state index contributed by atoms with van der Waals surface area (Å²) in [5, 5.41) is -0.324. The first kappa shape index (κ1) is 5.69. The van der Waals surface area contributed by atoms with Gasteiger partial charge in [-0.1, -0.05) is 0 Å². The highest BCUT2D eigenvalue weighted by molar-refractivity contribution is 7.76. The lowest BCUT2D eigenvalue weighted by Crippen LogP contribution is -2.16. The number of nitrogens with zero attached hydrogens (tertiary/aromatic N) is 1. The average Bonchev–Trinajstić information content (AvgIpc) is 1.36. The zero-order valence-corrected chi connectivity index (χ0v) is 4.58. The third-order valence-electron chi connectivity index (χ3n) is 0.365. The van der Waals surface area contributed by atoms with Crippen molar-refractivity contribution in [3.63, 3.8) is 0 Å². The topological polar surface area (TPSA) is 20.3 Å². The molecule has 0 saturated carbocycles. The molecule has 36 valence electrons. The lowest BCUT2D eigenvalue weighted by molar-refractivity contribution is 0.241. The van der Waals surface area contributed by atoms with Crippen molar-refractivity contribution >= 4 is 17.9 Å². The zero-order chi connectivity index (χ0) is 5.15. The van der Waals surface area contributed by atoms with Crippen molar-refractivity contribution in [1.29, 1.82) is 0 Å². The molecule has 0 saturated heterocycles. The molecule has 3 heteroatoms. The van der Waals surface area contributed by atoms with Crippen LogP contribution < -0.4 is 0 Å². The van der Waals surface area contributed by atoms with E-state index in [1.54, 1.807) is 14.1 Å². The molecule has 0 aromatic carbocycles. The van der Waals surface area contributed by atoms with Gasteiger partial charge in [-0.2, -0.15) is 0 Å². The molecule has 0 rings (SSSR count). The summed E-state index contributed by atoms with van der Waals surface area (Å²) in [6, 6.07) is 0. The van der Waals surface area contributed by atoms with Gasteiger partial charge in [0.25, 0.3) is 0 Å². The van der Waals surface area contributed by atoms with Gasteiger partial charge >= 0.3 is 0 Å². The van der Waals surface area contributed by atoms with Crippen LogP contribution in [0.4, 0.5) is 4.79 Å². The van der Waals surface area contributed by atoms with E-state index in [1.807, 2.05) is 0 Å². The highest BCUT2D eigenvalue weighted by atomic mass is 32.1. The number of carbonyl (C=O) groups is 1. The summed E-state index contributed by atoms with van der Waals surface area (Å²) in [7, 11) is 3.24. The predicted octanol–water partition coefficient (Wildman–Crippen LogP) is 0.215. The smallest absolute Gasteiger partial charge is 0.100 e. The molecule has 0 aliphatic carbocycles. The van der Waals surface area contributed by atoms with Crippen molar-refractivity contribution in [3.8, 4) is 0 Å². The molecule has 6 heavy (non-hydrogen) atoms. The van der Waals surface area contributed by atoms with E-state index in [0.717, 1.165) is 0 Å². The van der Waals surface area contributed by atoms with Crippen molar-refractivity contribution in [2.45, 2.75) is 0 Å². The van der Waals surface area contributed by atoms with Gasteiger partial charge in [0.1, 0.15) is 5.24 Å². The van der Waals surface area contributed by atoms with Crippen LogP contribution >= 0.6 is 0 Å². The first-order valence-electron chi connectivity index (χ1n) is 1.53. The Hall–Kier alpha value is -0.310. The fourth-order valence-electron chi connectivity index (χ4n) is 0. The van der Waals surface area contributed by atoms with E-state index in [-0.39, 0.29) is 5.24 Å². The van der Waals surface area contributed by atoms with Crippen LogP contribution in [-0.2, 0) is 12.6 Å². The average molecular weight is 104 g/mol. The number of carbonyl (C=O) groups excluding carboxylic acids is 1. The molecule has 0 atom stereocenters. The molecule has 0 N–H and O–H groups in total. The maximum atomic E-state index is 9.88. The fraction of sp³-hybridized carbons (Fsp3) is 0.667. The van der Waals surface area contributed by atoms with E-state index in [0.29, 0.717) is 0 Å². The normalized spacial score (nSPS) is 7.67. The van der Waals surface area contributed by atoms with Crippen molar-refractivity contribution in [1.82, 2.24) is 4.90 Å². The van der Waals surface area contributed by atoms with Crippen molar-refractivity contribution < 1.29 is 4.79 Å². The van der Waals surface area contributed by atoms with Crippen molar-refractivity contribution in [3.05, 3.63) is 0 Å². The van der Waals surface area contributed by atoms with Crippen LogP contribution in [0.2, 0.25) is 0 Å². The fourth-order valence-corrected chi connectivity index (χ4v) is 0. The standard InChI is InChI=1S/C3H7NOS/c1-4(2)3(5)6/h1-2H3,(H,5,6)/p-1. The van der Waals surface area contributed by atoms with E-state index in [9.17, 15) is 4.79 Å². The minimum absolute atomic E-state index is 0.324. The maximum Gasteiger partial charge on any atom is 0.100 e. The van der Waals surface area contributed by atoms with Gasteiger partial charge in [0.05, 0.1) is 0 Å². The SMILES string of the molecule is CN(C)C(=O)[S-]. The van der Waals surface area contributed by atoms with Crippen LogP contribution in [0, 0.1) is 0 Å². The number of hydrogen-bond donors (Lipinski definition) is 0. The first-order valence-corrected chi connectivity index (χ1v) is 1.93. The quantitative estimate of drug-likeness (QED) is 0.410. The lowest BCUT2D eigenvalue weighted by atomic mass is 11.0. The molecule has 0 spiro atoms. The third kappa shape index (κ3) is 1.96. The molecule has 0 radical (unpaired) electrons. The Morgan fingerprint density at radius 1 is 1.67 bits per heavy atom. The van der Waals surface area contributed by atoms with Crippen LogP contribution in [0.5, 0.6) is 0 Å². The van der Waals surface area contributed by atoms with Crippen LogP contribution in [0.15, 0.2) is 0 Å². The Kier molecular flexibility index (Phi) is 1.87. The molecule has 0 aromatic rings. The van der Waals surface area contributed by atoms with E-state index < -0.39 is 0 Å². The van der Waals surface area contributed by atoms with Gasteiger partial charge in [-0.15, -0.1) is 0 Å². The maximum absolute atomic E-state index is 9.88. The largest absolute Gasteiger partial charge is 0.719 e. The van der Waals surface area contributed by atoms with Gasteiger partial charge < -0.3 is 22.3 Å². The minimum atomic E-state index is -0.324. The summed E-state index contributed by atoms with van der Waals surface area (Å²) in [5.41, 5.74) is 0. The molecule has 1 amide bonds. The molecule has 0 heterocycles. The molecule has 0 aliphatic heterocycles. The summed E-state index contributed by atoms with van der Waals surface area (Å²) >= 11 is 4.19. The molecule has 2 nitrogen and oxygen atoms in total. The summed E-state index contributed by atoms with van der Waals surface area (Å²) in [4.78, 5) is 11.2. The predicted molar refractivity (Wildman–Crippen MR) is 26.4 cm³/mol. The van der Waals surface area contributed by atoms with E-state index in [2.05, 4.69) is 12.6 Å². The molecule has 0 fully saturated rings. The molecule has 0 aliphatic rings. The Labute approximate surface area is 42.5 Å². The van der Waals surface area contributed by atoms with Crippen LogP contribution in [-0.4, -0.2) is 24.2 Å². The van der Waals surface area contributed by atoms with Crippen LogP contribution in [0.1, 0.15) is 0 Å². The van der Waals surface area contributed by atoms with Gasteiger partial charge in [0, 0.05) is 14.1 Å². The molecular formula is C3H6NOS-. The minimum Gasteiger partial charge on any atom is -0.719 e. The molecule has 0 unspecified atom stereocenters. The second-order valence-electron chi connectivity index (χ2n) is 1.16. The number of amides is 1. The zero-order valence-electron chi connectivity index (χ0n) is 3.76. The highest BCUT2D eigenvalue weighted by Gasteiger charge is 1.76. The summed E-state index contributed by atoms with van der Waals surface area (Å²) < 4.78 is 0. The van der Waals surface area contributed by atoms with Crippen LogP contribution in [0.3, 0.4) is 0 Å². The summed E-state index contributed by atoms with van der Waals surface area (Å²) in [6.07, 6.45) is 0. The van der Waals surface area contributed by atoms with E-state index >= 15 is 0 Å². The van der Waals surface area contributed by atoms with Gasteiger partial charge in [0.15, 0.2) is 0 Å². The van der Waals surface area contributed by atoms with Crippen molar-refractivity contribution in [2.75, 3.05) is 14.1 Å². The van der Waals surface area contributed by atoms with Gasteiger partial charge in [-0.05, 0) is 0 Å². The van der Waals surface area contributed by atoms with Crippen molar-refractivity contribution in [2.24, 2.45) is 0 Å². The first-order chi connectivity index (χ1) is 2.64. The highest BCUT2D eigenvalue weighted by Crippen LogP contribution is 1.72. The number of rotatable bonds is 0. The van der Waals surface area contributed by atoms with E-state index in [4.69, 9.17) is 0 Å². The Bertz CT molecular complexity index is 61.8. The molecule has 0 aromatic heterocycles. The second-order valence-corrected chi connectivity index (χ2v) is 1.51. The monoisotopic (exact) mass is 104 g/mol. The Morgan fingerprint density at radius 3 is 1.83 bits per heavy atom. The van der Waals surface area contributed by atoms with Crippen LogP contribution in [0.25, 0.3) is 0 Å².